The summed E-state index contributed by atoms with van der Waals surface area (Å²) < 4.78 is 37.5. The fourth-order valence-corrected chi connectivity index (χ4v) is 2.22. The highest BCUT2D eigenvalue weighted by atomic mass is 19.4. The van der Waals surface area contributed by atoms with Crippen LogP contribution in [0.1, 0.15) is 34.8 Å². The third-order valence-corrected chi connectivity index (χ3v) is 3.56. The summed E-state index contributed by atoms with van der Waals surface area (Å²) in [5, 5.41) is 2.80. The Morgan fingerprint density at radius 1 is 1.04 bits per heavy atom. The second kappa shape index (κ2) is 7.31. The van der Waals surface area contributed by atoms with Gasteiger partial charge in [0, 0.05) is 11.6 Å². The fraction of sp³-hybridized carbons (Fsp3) is 0.278. The Labute approximate surface area is 133 Å². The van der Waals surface area contributed by atoms with E-state index in [1.165, 1.54) is 17.7 Å². The smallest absolute Gasteiger partial charge is 0.350 e. The molecule has 0 fully saturated rings. The monoisotopic (exact) mass is 321 g/mol. The lowest BCUT2D eigenvalue weighted by Gasteiger charge is -2.14. The van der Waals surface area contributed by atoms with Gasteiger partial charge in [-0.2, -0.15) is 13.2 Å². The van der Waals surface area contributed by atoms with Crippen molar-refractivity contribution in [2.24, 2.45) is 0 Å². The molecular formula is C18H18F3NO. The molecule has 0 aliphatic heterocycles. The first-order valence-corrected chi connectivity index (χ1v) is 7.38. The molecule has 0 radical (unpaired) electrons. The summed E-state index contributed by atoms with van der Waals surface area (Å²) in [6.07, 6.45) is -2.80. The summed E-state index contributed by atoms with van der Waals surface area (Å²) in [7, 11) is 0. The summed E-state index contributed by atoms with van der Waals surface area (Å²) in [5.41, 5.74) is 0.652. The van der Waals surface area contributed by atoms with Crippen molar-refractivity contribution in [2.45, 2.75) is 32.0 Å². The first-order valence-electron chi connectivity index (χ1n) is 7.38. The van der Waals surface area contributed by atoms with Crippen LogP contribution in [0.3, 0.4) is 0 Å². The van der Waals surface area contributed by atoms with Crippen molar-refractivity contribution in [1.29, 1.82) is 0 Å². The van der Waals surface area contributed by atoms with Gasteiger partial charge in [-0.05, 0) is 49.6 Å². The van der Waals surface area contributed by atoms with Gasteiger partial charge >= 0.3 is 6.18 Å². The Kier molecular flexibility index (Phi) is 5.42. The molecule has 1 amide bonds. The molecule has 0 saturated heterocycles. The number of benzene rings is 2. The maximum absolute atomic E-state index is 12.5. The Morgan fingerprint density at radius 3 is 2.22 bits per heavy atom. The summed E-state index contributed by atoms with van der Waals surface area (Å²) >= 11 is 0. The van der Waals surface area contributed by atoms with Crippen molar-refractivity contribution in [2.75, 3.05) is 0 Å². The molecule has 23 heavy (non-hydrogen) atoms. The minimum Gasteiger partial charge on any atom is -0.350 e. The number of rotatable bonds is 5. The van der Waals surface area contributed by atoms with Crippen molar-refractivity contribution in [3.8, 4) is 0 Å². The second-order valence-electron chi connectivity index (χ2n) is 5.47. The van der Waals surface area contributed by atoms with Crippen LogP contribution in [-0.2, 0) is 12.6 Å². The van der Waals surface area contributed by atoms with Crippen LogP contribution in [-0.4, -0.2) is 11.9 Å². The van der Waals surface area contributed by atoms with Gasteiger partial charge < -0.3 is 5.32 Å². The average Bonchev–Trinajstić information content (AvgIpc) is 2.53. The normalized spacial score (nSPS) is 12.7. The van der Waals surface area contributed by atoms with E-state index in [1.54, 1.807) is 0 Å². The molecule has 0 aromatic heterocycles. The second-order valence-corrected chi connectivity index (χ2v) is 5.47. The number of halogens is 3. The molecule has 2 aromatic rings. The summed E-state index contributed by atoms with van der Waals surface area (Å²) in [5.74, 6) is -0.362. The van der Waals surface area contributed by atoms with E-state index in [-0.39, 0.29) is 17.5 Å². The molecule has 0 unspecified atom stereocenters. The average molecular weight is 321 g/mol. The number of aryl methyl sites for hydroxylation is 1. The van der Waals surface area contributed by atoms with E-state index < -0.39 is 11.7 Å². The van der Waals surface area contributed by atoms with Crippen LogP contribution < -0.4 is 5.32 Å². The lowest BCUT2D eigenvalue weighted by Crippen LogP contribution is -2.32. The Morgan fingerprint density at radius 2 is 1.65 bits per heavy atom. The van der Waals surface area contributed by atoms with E-state index in [0.29, 0.717) is 0 Å². The Balaban J connectivity index is 1.88. The van der Waals surface area contributed by atoms with Crippen molar-refractivity contribution >= 4 is 5.91 Å². The molecule has 0 aliphatic rings. The molecule has 0 bridgehead atoms. The van der Waals surface area contributed by atoms with Crippen molar-refractivity contribution in [3.63, 3.8) is 0 Å². The maximum atomic E-state index is 12.5. The zero-order valence-electron chi connectivity index (χ0n) is 12.7. The molecule has 2 aromatic carbocycles. The highest BCUT2D eigenvalue weighted by molar-refractivity contribution is 5.94. The minimum absolute atomic E-state index is 0.0648. The number of alkyl halides is 3. The molecule has 5 heteroatoms. The quantitative estimate of drug-likeness (QED) is 0.866. The SMILES string of the molecule is C[C@H](CCc1ccccc1)NC(=O)c1ccc(C(F)(F)F)cc1. The van der Waals surface area contributed by atoms with Gasteiger partial charge in [-0.1, -0.05) is 30.3 Å². The lowest BCUT2D eigenvalue weighted by atomic mass is 10.1. The van der Waals surface area contributed by atoms with E-state index in [4.69, 9.17) is 0 Å². The molecule has 2 rings (SSSR count). The summed E-state index contributed by atoms with van der Waals surface area (Å²) in [6.45, 7) is 1.88. The van der Waals surface area contributed by atoms with Gasteiger partial charge in [-0.25, -0.2) is 0 Å². The predicted octanol–water partition coefficient (Wildman–Crippen LogP) is 4.46. The largest absolute Gasteiger partial charge is 0.416 e. The van der Waals surface area contributed by atoms with Gasteiger partial charge in [0.25, 0.3) is 5.91 Å². The van der Waals surface area contributed by atoms with Crippen molar-refractivity contribution in [3.05, 3.63) is 71.3 Å². The van der Waals surface area contributed by atoms with Crippen LogP contribution in [0.5, 0.6) is 0 Å². The van der Waals surface area contributed by atoms with Crippen LogP contribution in [0.2, 0.25) is 0 Å². The molecule has 0 heterocycles. The van der Waals surface area contributed by atoms with Crippen LogP contribution in [0.4, 0.5) is 13.2 Å². The van der Waals surface area contributed by atoms with E-state index in [9.17, 15) is 18.0 Å². The minimum atomic E-state index is -4.39. The van der Waals surface area contributed by atoms with Crippen LogP contribution in [0.15, 0.2) is 54.6 Å². The Bertz CT molecular complexity index is 636. The molecule has 0 aliphatic carbocycles. The highest BCUT2D eigenvalue weighted by Gasteiger charge is 2.30. The first kappa shape index (κ1) is 17.1. The zero-order valence-corrected chi connectivity index (χ0v) is 12.7. The number of nitrogens with one attached hydrogen (secondary N) is 1. The van der Waals surface area contributed by atoms with Crippen molar-refractivity contribution < 1.29 is 18.0 Å². The van der Waals surface area contributed by atoms with Crippen LogP contribution in [0, 0.1) is 0 Å². The molecule has 1 atom stereocenters. The standard InChI is InChI=1S/C18H18F3NO/c1-13(7-8-14-5-3-2-4-6-14)22-17(23)15-9-11-16(12-10-15)18(19,20)21/h2-6,9-13H,7-8H2,1H3,(H,22,23)/t13-/m1/s1. The third kappa shape index (κ3) is 5.13. The van der Waals surface area contributed by atoms with E-state index in [2.05, 4.69) is 5.32 Å². The van der Waals surface area contributed by atoms with Gasteiger partial charge in [0.15, 0.2) is 0 Å². The summed E-state index contributed by atoms with van der Waals surface area (Å²) in [6, 6.07) is 14.1. The zero-order chi connectivity index (χ0) is 16.9. The molecule has 2 nitrogen and oxygen atoms in total. The first-order chi connectivity index (χ1) is 10.9. The third-order valence-electron chi connectivity index (χ3n) is 3.56. The van der Waals surface area contributed by atoms with E-state index in [1.807, 2.05) is 37.3 Å². The molecular weight excluding hydrogens is 303 g/mol. The molecule has 122 valence electrons. The number of carbonyl (C=O) groups excluding carboxylic acids is 1. The number of amides is 1. The van der Waals surface area contributed by atoms with E-state index in [0.717, 1.165) is 25.0 Å². The topological polar surface area (TPSA) is 29.1 Å². The fourth-order valence-electron chi connectivity index (χ4n) is 2.22. The van der Waals surface area contributed by atoms with Crippen LogP contribution >= 0.6 is 0 Å². The lowest BCUT2D eigenvalue weighted by molar-refractivity contribution is -0.137. The summed E-state index contributed by atoms with van der Waals surface area (Å²) in [4.78, 5) is 12.0. The predicted molar refractivity (Wildman–Crippen MR) is 83.1 cm³/mol. The van der Waals surface area contributed by atoms with Crippen molar-refractivity contribution in [1.82, 2.24) is 5.32 Å². The molecule has 1 N–H and O–H groups in total. The number of carbonyl (C=O) groups is 1. The Hall–Kier alpha value is -2.30. The van der Waals surface area contributed by atoms with Gasteiger partial charge in [-0.15, -0.1) is 0 Å². The van der Waals surface area contributed by atoms with E-state index >= 15 is 0 Å². The van der Waals surface area contributed by atoms with Gasteiger partial charge in [0.05, 0.1) is 5.56 Å². The number of hydrogen-bond acceptors (Lipinski definition) is 1. The highest BCUT2D eigenvalue weighted by Crippen LogP contribution is 2.29. The maximum Gasteiger partial charge on any atom is 0.416 e. The molecule has 0 saturated carbocycles. The van der Waals surface area contributed by atoms with Crippen LogP contribution in [0.25, 0.3) is 0 Å². The van der Waals surface area contributed by atoms with Gasteiger partial charge in [0.2, 0.25) is 0 Å². The molecule has 0 spiro atoms. The number of hydrogen-bond donors (Lipinski definition) is 1. The van der Waals surface area contributed by atoms with Gasteiger partial charge in [-0.3, -0.25) is 4.79 Å². The van der Waals surface area contributed by atoms with Gasteiger partial charge in [0.1, 0.15) is 0 Å².